The predicted molar refractivity (Wildman–Crippen MR) is 78.1 cm³/mol. The second kappa shape index (κ2) is 4.84. The number of pyridine rings is 1. The standard InChI is InChI=1S/C16H16N2O3/c1-16(15(20)21)7-4-8-18(16)14(19)13-10-17-9-11-5-2-3-6-12(11)13/h2-3,5-6,9-10H,4,7-8H2,1H3,(H,20,21)/t16-/m1/s1. The van der Waals surface area contributed by atoms with Gasteiger partial charge in [-0.15, -0.1) is 0 Å². The molecule has 1 aliphatic rings. The summed E-state index contributed by atoms with van der Waals surface area (Å²) in [7, 11) is 0. The van der Waals surface area contributed by atoms with Crippen molar-refractivity contribution in [2.24, 2.45) is 0 Å². The summed E-state index contributed by atoms with van der Waals surface area (Å²) in [5, 5.41) is 11.1. The number of likely N-dealkylation sites (tertiary alicyclic amines) is 1. The molecule has 0 radical (unpaired) electrons. The first kappa shape index (κ1) is 13.5. The Morgan fingerprint density at radius 2 is 2.05 bits per heavy atom. The van der Waals surface area contributed by atoms with Crippen LogP contribution in [0.15, 0.2) is 36.7 Å². The molecule has 108 valence electrons. The maximum atomic E-state index is 12.8. The molecule has 3 rings (SSSR count). The lowest BCUT2D eigenvalue weighted by Gasteiger charge is -2.31. The Kier molecular flexibility index (Phi) is 3.12. The number of aromatic nitrogens is 1. The fourth-order valence-corrected chi connectivity index (χ4v) is 2.94. The lowest BCUT2D eigenvalue weighted by atomic mass is 9.98. The molecule has 0 saturated carbocycles. The molecule has 5 heteroatoms. The van der Waals surface area contributed by atoms with E-state index in [9.17, 15) is 14.7 Å². The van der Waals surface area contributed by atoms with Crippen LogP contribution in [-0.4, -0.2) is 39.0 Å². The average Bonchev–Trinajstić information content (AvgIpc) is 2.89. The van der Waals surface area contributed by atoms with Crippen molar-refractivity contribution in [2.75, 3.05) is 6.54 Å². The van der Waals surface area contributed by atoms with Gasteiger partial charge in [0.1, 0.15) is 5.54 Å². The van der Waals surface area contributed by atoms with Crippen LogP contribution in [-0.2, 0) is 4.79 Å². The van der Waals surface area contributed by atoms with Gasteiger partial charge in [0.15, 0.2) is 0 Å². The first-order valence-electron chi connectivity index (χ1n) is 6.92. The smallest absolute Gasteiger partial charge is 0.329 e. The van der Waals surface area contributed by atoms with Gasteiger partial charge in [0.05, 0.1) is 5.56 Å². The number of fused-ring (bicyclic) bond motifs is 1. The molecule has 1 fully saturated rings. The number of hydrogen-bond donors (Lipinski definition) is 1. The van der Waals surface area contributed by atoms with Crippen molar-refractivity contribution >= 4 is 22.6 Å². The highest BCUT2D eigenvalue weighted by Crippen LogP contribution is 2.32. The number of carbonyl (C=O) groups excluding carboxylic acids is 1. The molecule has 1 aromatic heterocycles. The van der Waals surface area contributed by atoms with Crippen LogP contribution in [0.25, 0.3) is 10.8 Å². The number of hydrogen-bond acceptors (Lipinski definition) is 3. The van der Waals surface area contributed by atoms with Crippen molar-refractivity contribution in [3.63, 3.8) is 0 Å². The normalized spacial score (nSPS) is 21.7. The Bertz CT molecular complexity index is 723. The monoisotopic (exact) mass is 284 g/mol. The summed E-state index contributed by atoms with van der Waals surface area (Å²) in [6.07, 6.45) is 4.40. The summed E-state index contributed by atoms with van der Waals surface area (Å²) < 4.78 is 0. The fraction of sp³-hybridized carbons (Fsp3) is 0.312. The number of benzene rings is 1. The van der Waals surface area contributed by atoms with Crippen LogP contribution in [0.2, 0.25) is 0 Å². The van der Waals surface area contributed by atoms with Gasteiger partial charge in [-0.05, 0) is 25.2 Å². The second-order valence-electron chi connectivity index (χ2n) is 5.55. The summed E-state index contributed by atoms with van der Waals surface area (Å²) in [4.78, 5) is 29.9. The van der Waals surface area contributed by atoms with Crippen LogP contribution in [0.4, 0.5) is 0 Å². The molecule has 2 aromatic rings. The minimum atomic E-state index is -1.13. The van der Waals surface area contributed by atoms with E-state index in [4.69, 9.17) is 0 Å². The number of carboxylic acids is 1. The van der Waals surface area contributed by atoms with Crippen LogP contribution in [0.3, 0.4) is 0 Å². The number of carbonyl (C=O) groups is 2. The van der Waals surface area contributed by atoms with Gasteiger partial charge in [-0.1, -0.05) is 24.3 Å². The molecule has 0 spiro atoms. The molecular weight excluding hydrogens is 268 g/mol. The predicted octanol–water partition coefficient (Wildman–Crippen LogP) is 2.31. The third-order valence-electron chi connectivity index (χ3n) is 4.25. The fourth-order valence-electron chi connectivity index (χ4n) is 2.94. The van der Waals surface area contributed by atoms with Gasteiger partial charge in [0.25, 0.3) is 5.91 Å². The van der Waals surface area contributed by atoms with Gasteiger partial charge < -0.3 is 10.0 Å². The van der Waals surface area contributed by atoms with Gasteiger partial charge in [0, 0.05) is 24.3 Å². The van der Waals surface area contributed by atoms with Crippen LogP contribution < -0.4 is 0 Å². The number of carboxylic acid groups (broad SMARTS) is 1. The number of nitrogens with zero attached hydrogens (tertiary/aromatic N) is 2. The highest BCUT2D eigenvalue weighted by atomic mass is 16.4. The Morgan fingerprint density at radius 3 is 2.81 bits per heavy atom. The summed E-state index contributed by atoms with van der Waals surface area (Å²) in [6, 6.07) is 7.49. The minimum Gasteiger partial charge on any atom is -0.480 e. The summed E-state index contributed by atoms with van der Waals surface area (Å²) >= 11 is 0. The van der Waals surface area contributed by atoms with Gasteiger partial charge in [-0.25, -0.2) is 4.79 Å². The van der Waals surface area contributed by atoms with Gasteiger partial charge in [-0.3, -0.25) is 9.78 Å². The van der Waals surface area contributed by atoms with E-state index in [0.29, 0.717) is 24.9 Å². The average molecular weight is 284 g/mol. The molecular formula is C16H16N2O3. The zero-order valence-corrected chi connectivity index (χ0v) is 11.7. The molecule has 0 aliphatic carbocycles. The van der Waals surface area contributed by atoms with Gasteiger partial charge in [-0.2, -0.15) is 0 Å². The first-order chi connectivity index (χ1) is 10.0. The molecule has 1 N–H and O–H groups in total. The maximum absolute atomic E-state index is 12.8. The van der Waals surface area contributed by atoms with E-state index in [-0.39, 0.29) is 5.91 Å². The lowest BCUT2D eigenvalue weighted by Crippen LogP contribution is -2.50. The summed E-state index contributed by atoms with van der Waals surface area (Å²) in [5.41, 5.74) is -0.670. The minimum absolute atomic E-state index is 0.262. The summed E-state index contributed by atoms with van der Waals surface area (Å²) in [6.45, 7) is 2.07. The van der Waals surface area contributed by atoms with E-state index >= 15 is 0 Å². The number of rotatable bonds is 2. The Morgan fingerprint density at radius 1 is 1.29 bits per heavy atom. The van der Waals surface area contributed by atoms with Crippen LogP contribution in [0.5, 0.6) is 0 Å². The number of amides is 1. The van der Waals surface area contributed by atoms with Crippen molar-refractivity contribution in [1.82, 2.24) is 9.88 Å². The Balaban J connectivity index is 2.07. The molecule has 0 unspecified atom stereocenters. The highest BCUT2D eigenvalue weighted by molar-refractivity contribution is 6.08. The van der Waals surface area contributed by atoms with Crippen LogP contribution in [0, 0.1) is 0 Å². The van der Waals surface area contributed by atoms with Gasteiger partial charge in [0.2, 0.25) is 0 Å². The second-order valence-corrected chi connectivity index (χ2v) is 5.55. The van der Waals surface area contributed by atoms with Crippen molar-refractivity contribution in [2.45, 2.75) is 25.3 Å². The van der Waals surface area contributed by atoms with Crippen molar-refractivity contribution in [1.29, 1.82) is 0 Å². The largest absolute Gasteiger partial charge is 0.480 e. The van der Waals surface area contributed by atoms with Crippen molar-refractivity contribution in [3.05, 3.63) is 42.2 Å². The van der Waals surface area contributed by atoms with E-state index < -0.39 is 11.5 Å². The Labute approximate surface area is 122 Å². The van der Waals surface area contributed by atoms with Gasteiger partial charge >= 0.3 is 5.97 Å². The lowest BCUT2D eigenvalue weighted by molar-refractivity contribution is -0.147. The van der Waals surface area contributed by atoms with Crippen LogP contribution in [0.1, 0.15) is 30.1 Å². The first-order valence-corrected chi connectivity index (χ1v) is 6.92. The molecule has 1 aliphatic heterocycles. The highest BCUT2D eigenvalue weighted by Gasteiger charge is 2.46. The molecule has 1 atom stereocenters. The molecule has 1 saturated heterocycles. The van der Waals surface area contributed by atoms with Crippen LogP contribution >= 0.6 is 0 Å². The van der Waals surface area contributed by atoms with E-state index in [1.54, 1.807) is 13.1 Å². The Hall–Kier alpha value is -2.43. The van der Waals surface area contributed by atoms with E-state index in [2.05, 4.69) is 4.98 Å². The van der Waals surface area contributed by atoms with Crippen molar-refractivity contribution < 1.29 is 14.7 Å². The number of aliphatic carboxylic acids is 1. The topological polar surface area (TPSA) is 70.5 Å². The molecule has 1 amide bonds. The van der Waals surface area contributed by atoms with E-state index in [0.717, 1.165) is 10.8 Å². The third kappa shape index (κ3) is 2.05. The zero-order chi connectivity index (χ0) is 15.0. The van der Waals surface area contributed by atoms with E-state index in [1.807, 2.05) is 24.3 Å². The molecule has 1 aromatic carbocycles. The van der Waals surface area contributed by atoms with E-state index in [1.165, 1.54) is 11.1 Å². The molecule has 2 heterocycles. The summed E-state index contributed by atoms with van der Waals surface area (Å²) in [5.74, 6) is -1.22. The quantitative estimate of drug-likeness (QED) is 0.918. The SMILES string of the molecule is C[C@]1(C(=O)O)CCCN1C(=O)c1cncc2ccccc12. The maximum Gasteiger partial charge on any atom is 0.329 e. The molecule has 5 nitrogen and oxygen atoms in total. The third-order valence-corrected chi connectivity index (χ3v) is 4.25. The molecule has 21 heavy (non-hydrogen) atoms. The van der Waals surface area contributed by atoms with Crippen molar-refractivity contribution in [3.8, 4) is 0 Å². The molecule has 0 bridgehead atoms. The zero-order valence-electron chi connectivity index (χ0n) is 11.7.